The highest BCUT2D eigenvalue weighted by molar-refractivity contribution is 5.97. The Hall–Kier alpha value is -1.45. The largest absolute Gasteiger partial charge is 0.456 e. The maximum Gasteiger partial charge on any atom is 0.342 e. The highest BCUT2D eigenvalue weighted by Crippen LogP contribution is 2.26. The number of anilines is 1. The Bertz CT molecular complexity index is 453. The number of rotatable bonds is 3. The van der Waals surface area contributed by atoms with Gasteiger partial charge < -0.3 is 15.0 Å². The minimum absolute atomic E-state index is 0.338. The molecular weight excluding hydrogens is 228 g/mol. The fourth-order valence-corrected chi connectivity index (χ4v) is 1.99. The lowest BCUT2D eigenvalue weighted by molar-refractivity contribution is 0.00701. The third-order valence-electron chi connectivity index (χ3n) is 2.92. The van der Waals surface area contributed by atoms with E-state index in [0.29, 0.717) is 11.4 Å². The van der Waals surface area contributed by atoms with Gasteiger partial charge in [0.1, 0.15) is 17.0 Å². The summed E-state index contributed by atoms with van der Waals surface area (Å²) in [6.07, 6.45) is 0.979. The van der Waals surface area contributed by atoms with E-state index in [1.54, 1.807) is 0 Å². The van der Waals surface area contributed by atoms with Gasteiger partial charge in [0.05, 0.1) is 0 Å². The molecule has 0 unspecified atom stereocenters. The van der Waals surface area contributed by atoms with Crippen molar-refractivity contribution in [3.63, 3.8) is 0 Å². The zero-order valence-corrected chi connectivity index (χ0v) is 12.3. The molecule has 102 valence electrons. The van der Waals surface area contributed by atoms with E-state index in [4.69, 9.17) is 10.5 Å². The Balaban J connectivity index is 3.17. The van der Waals surface area contributed by atoms with Gasteiger partial charge in [-0.3, -0.25) is 0 Å². The van der Waals surface area contributed by atoms with Crippen LogP contribution in [-0.4, -0.2) is 16.1 Å². The molecule has 0 saturated heterocycles. The highest BCUT2D eigenvalue weighted by atomic mass is 16.6. The van der Waals surface area contributed by atoms with E-state index in [1.165, 1.54) is 0 Å². The molecule has 0 bridgehead atoms. The number of carbonyl (C=O) groups is 1. The van der Waals surface area contributed by atoms with E-state index < -0.39 is 5.60 Å². The monoisotopic (exact) mass is 252 g/mol. The molecule has 0 fully saturated rings. The van der Waals surface area contributed by atoms with Crippen molar-refractivity contribution in [2.24, 2.45) is 0 Å². The highest BCUT2D eigenvalue weighted by Gasteiger charge is 2.25. The van der Waals surface area contributed by atoms with Crippen LogP contribution in [0.5, 0.6) is 0 Å². The number of aromatic nitrogens is 1. The van der Waals surface area contributed by atoms with Crippen LogP contribution in [0.15, 0.2) is 0 Å². The summed E-state index contributed by atoms with van der Waals surface area (Å²) in [5.74, 6) is 0.177. The van der Waals surface area contributed by atoms with E-state index in [0.717, 1.165) is 24.2 Å². The van der Waals surface area contributed by atoms with Gasteiger partial charge in [-0.25, -0.2) is 4.79 Å². The van der Waals surface area contributed by atoms with Gasteiger partial charge in [-0.05, 0) is 46.6 Å². The Kier molecular flexibility index (Phi) is 4.09. The summed E-state index contributed by atoms with van der Waals surface area (Å²) in [4.78, 5) is 12.2. The summed E-state index contributed by atoms with van der Waals surface area (Å²) in [5, 5.41) is 0. The molecule has 4 heteroatoms. The summed E-state index contributed by atoms with van der Waals surface area (Å²) in [7, 11) is 0. The van der Waals surface area contributed by atoms with Crippen LogP contribution >= 0.6 is 0 Å². The van der Waals surface area contributed by atoms with Crippen molar-refractivity contribution < 1.29 is 9.53 Å². The second kappa shape index (κ2) is 5.04. The molecule has 0 aliphatic rings. The summed E-state index contributed by atoms with van der Waals surface area (Å²) in [6.45, 7) is 12.4. The molecule has 1 aromatic rings. The lowest BCUT2D eigenvalue weighted by Gasteiger charge is -2.19. The summed E-state index contributed by atoms with van der Waals surface area (Å²) in [5.41, 5.74) is 8.03. The number of nitrogen functional groups attached to an aromatic ring is 1. The van der Waals surface area contributed by atoms with Crippen LogP contribution in [0, 0.1) is 13.8 Å². The molecule has 0 atom stereocenters. The predicted molar refractivity (Wildman–Crippen MR) is 73.8 cm³/mol. The lowest BCUT2D eigenvalue weighted by atomic mass is 10.1. The average molecular weight is 252 g/mol. The number of esters is 1. The van der Waals surface area contributed by atoms with Crippen LogP contribution in [0.4, 0.5) is 5.82 Å². The van der Waals surface area contributed by atoms with Crippen molar-refractivity contribution in [1.29, 1.82) is 0 Å². The topological polar surface area (TPSA) is 57.2 Å². The van der Waals surface area contributed by atoms with Crippen LogP contribution in [0.2, 0.25) is 0 Å². The minimum atomic E-state index is -0.503. The fourth-order valence-electron chi connectivity index (χ4n) is 1.99. The van der Waals surface area contributed by atoms with Crippen molar-refractivity contribution in [2.75, 3.05) is 5.73 Å². The summed E-state index contributed by atoms with van der Waals surface area (Å²) in [6, 6.07) is 0. The number of ether oxygens (including phenoxy) is 1. The maximum atomic E-state index is 12.2. The fraction of sp³-hybridized carbons (Fsp3) is 0.643. The second-order valence-corrected chi connectivity index (χ2v) is 5.62. The zero-order valence-electron chi connectivity index (χ0n) is 12.3. The first-order valence-electron chi connectivity index (χ1n) is 6.37. The van der Waals surface area contributed by atoms with Crippen LogP contribution in [0.25, 0.3) is 0 Å². The Morgan fingerprint density at radius 3 is 2.33 bits per heavy atom. The van der Waals surface area contributed by atoms with Crippen LogP contribution in [0.1, 0.15) is 55.7 Å². The first-order chi connectivity index (χ1) is 8.19. The molecule has 18 heavy (non-hydrogen) atoms. The number of nitrogens with zero attached hydrogens (tertiary/aromatic N) is 1. The molecule has 0 aromatic carbocycles. The van der Waals surface area contributed by atoms with Gasteiger partial charge in [0, 0.05) is 12.2 Å². The molecule has 4 nitrogen and oxygen atoms in total. The lowest BCUT2D eigenvalue weighted by Crippen LogP contribution is -2.24. The summed E-state index contributed by atoms with van der Waals surface area (Å²) < 4.78 is 7.38. The normalized spacial score (nSPS) is 11.7. The molecule has 1 heterocycles. The van der Waals surface area contributed by atoms with Gasteiger partial charge in [-0.15, -0.1) is 0 Å². The Morgan fingerprint density at radius 2 is 1.89 bits per heavy atom. The van der Waals surface area contributed by atoms with Gasteiger partial charge in [0.2, 0.25) is 0 Å². The van der Waals surface area contributed by atoms with Gasteiger partial charge in [-0.1, -0.05) is 6.92 Å². The van der Waals surface area contributed by atoms with E-state index in [1.807, 2.05) is 39.2 Å². The molecule has 0 spiro atoms. The molecule has 1 rings (SSSR count). The molecule has 0 aliphatic heterocycles. The van der Waals surface area contributed by atoms with Crippen molar-refractivity contribution >= 4 is 11.8 Å². The third-order valence-corrected chi connectivity index (χ3v) is 2.92. The first kappa shape index (κ1) is 14.6. The third kappa shape index (κ3) is 2.86. The minimum Gasteiger partial charge on any atom is -0.456 e. The average Bonchev–Trinajstić information content (AvgIpc) is 2.40. The van der Waals surface area contributed by atoms with E-state index in [9.17, 15) is 4.79 Å². The number of hydrogen-bond acceptors (Lipinski definition) is 3. The van der Waals surface area contributed by atoms with Crippen molar-refractivity contribution in [3.8, 4) is 0 Å². The van der Waals surface area contributed by atoms with Crippen LogP contribution in [0.3, 0.4) is 0 Å². The molecule has 0 saturated carbocycles. The van der Waals surface area contributed by atoms with Gasteiger partial charge >= 0.3 is 5.97 Å². The Morgan fingerprint density at radius 1 is 1.33 bits per heavy atom. The molecule has 2 N–H and O–H groups in total. The number of nitrogens with two attached hydrogens (primary N) is 1. The standard InChI is InChI=1S/C14H24N2O2/c1-7-8-16-10(3)9(2)11(12(16)15)13(17)18-14(4,5)6/h7-8,15H2,1-6H3. The smallest absolute Gasteiger partial charge is 0.342 e. The molecule has 0 radical (unpaired) electrons. The molecular formula is C14H24N2O2. The van der Waals surface area contributed by atoms with Gasteiger partial charge in [-0.2, -0.15) is 0 Å². The quantitative estimate of drug-likeness (QED) is 0.841. The second-order valence-electron chi connectivity index (χ2n) is 5.62. The van der Waals surface area contributed by atoms with E-state index in [2.05, 4.69) is 6.92 Å². The SMILES string of the molecule is CCCn1c(C)c(C)c(C(=O)OC(C)(C)C)c1N. The van der Waals surface area contributed by atoms with E-state index in [-0.39, 0.29) is 5.97 Å². The van der Waals surface area contributed by atoms with Crippen molar-refractivity contribution in [1.82, 2.24) is 4.57 Å². The van der Waals surface area contributed by atoms with E-state index >= 15 is 0 Å². The Labute approximate surface area is 109 Å². The number of carbonyl (C=O) groups excluding carboxylic acids is 1. The number of hydrogen-bond donors (Lipinski definition) is 1. The van der Waals surface area contributed by atoms with Gasteiger partial charge in [0.25, 0.3) is 0 Å². The van der Waals surface area contributed by atoms with Gasteiger partial charge in [0.15, 0.2) is 0 Å². The first-order valence-corrected chi connectivity index (χ1v) is 6.37. The van der Waals surface area contributed by atoms with Crippen LogP contribution < -0.4 is 5.73 Å². The molecule has 0 aliphatic carbocycles. The molecule has 1 aromatic heterocycles. The maximum absolute atomic E-state index is 12.2. The van der Waals surface area contributed by atoms with Crippen molar-refractivity contribution in [2.45, 2.75) is 60.1 Å². The predicted octanol–water partition coefficient (Wildman–Crippen LogP) is 3.05. The summed E-state index contributed by atoms with van der Waals surface area (Å²) >= 11 is 0. The molecule has 0 amide bonds. The zero-order chi connectivity index (χ0) is 14.1. The van der Waals surface area contributed by atoms with Crippen molar-refractivity contribution in [3.05, 3.63) is 16.8 Å². The van der Waals surface area contributed by atoms with Crippen LogP contribution in [-0.2, 0) is 11.3 Å².